The third-order valence-electron chi connectivity index (χ3n) is 1.98. The van der Waals surface area contributed by atoms with Crippen LogP contribution in [0, 0.1) is 0 Å². The predicted molar refractivity (Wildman–Crippen MR) is 49.0 cm³/mol. The largest absolute Gasteiger partial charge is 0.479 e. The molecule has 1 unspecified atom stereocenters. The predicted octanol–water partition coefficient (Wildman–Crippen LogP) is 2.17. The van der Waals surface area contributed by atoms with Crippen molar-refractivity contribution in [2.45, 2.75) is 11.8 Å². The Balaban J connectivity index is 3.46. The molecule has 2 N–H and O–H groups in total. The van der Waals surface area contributed by atoms with Gasteiger partial charge < -0.3 is 10.2 Å². The van der Waals surface area contributed by atoms with Crippen LogP contribution < -0.4 is 0 Å². The van der Waals surface area contributed by atoms with E-state index in [4.69, 9.17) is 16.7 Å². The highest BCUT2D eigenvalue weighted by Crippen LogP contribution is 2.41. The minimum atomic E-state index is -5.36. The third-order valence-corrected chi connectivity index (χ3v) is 2.31. The van der Waals surface area contributed by atoms with Gasteiger partial charge in [0.15, 0.2) is 0 Å². The van der Waals surface area contributed by atoms with Gasteiger partial charge in [-0.05, 0) is 6.07 Å². The van der Waals surface area contributed by atoms with Crippen LogP contribution in [0.5, 0.6) is 0 Å². The zero-order valence-electron chi connectivity index (χ0n) is 7.62. The fourth-order valence-electron chi connectivity index (χ4n) is 1.14. The van der Waals surface area contributed by atoms with Gasteiger partial charge in [0, 0.05) is 10.6 Å². The maximum atomic E-state index is 12.5. The molecule has 0 aromatic heterocycles. The van der Waals surface area contributed by atoms with Gasteiger partial charge in [0.25, 0.3) is 5.60 Å². The number of hydrogen-bond acceptors (Lipinski definition) is 2. The first-order valence-corrected chi connectivity index (χ1v) is 4.36. The molecule has 3 nitrogen and oxygen atoms in total. The molecule has 0 radical (unpaired) electrons. The molecule has 0 bridgehead atoms. The topological polar surface area (TPSA) is 57.5 Å². The molecule has 0 aliphatic carbocycles. The molecule has 0 aliphatic rings. The number of aliphatic carboxylic acids is 1. The summed E-state index contributed by atoms with van der Waals surface area (Å²) in [6, 6.07) is 4.35. The summed E-state index contributed by atoms with van der Waals surface area (Å²) in [4.78, 5) is 10.6. The number of aliphatic hydroxyl groups is 1. The molecule has 1 aromatic carbocycles. The summed E-state index contributed by atoms with van der Waals surface area (Å²) in [7, 11) is 0. The lowest BCUT2D eigenvalue weighted by molar-refractivity contribution is -0.265. The first-order chi connectivity index (χ1) is 7.21. The van der Waals surface area contributed by atoms with Gasteiger partial charge in [-0.25, -0.2) is 4.79 Å². The van der Waals surface area contributed by atoms with E-state index in [1.54, 1.807) is 0 Å². The van der Waals surface area contributed by atoms with Crippen LogP contribution in [0.2, 0.25) is 5.02 Å². The first-order valence-electron chi connectivity index (χ1n) is 3.98. The Bertz CT molecular complexity index is 419. The van der Waals surface area contributed by atoms with Crippen molar-refractivity contribution in [3.05, 3.63) is 34.9 Å². The van der Waals surface area contributed by atoms with Gasteiger partial charge in [-0.3, -0.25) is 0 Å². The minimum absolute atomic E-state index is 0.468. The maximum Gasteiger partial charge on any atom is 0.432 e. The minimum Gasteiger partial charge on any atom is -0.479 e. The van der Waals surface area contributed by atoms with E-state index in [1.165, 1.54) is 6.07 Å². The van der Waals surface area contributed by atoms with Gasteiger partial charge in [0.1, 0.15) is 0 Å². The molecule has 88 valence electrons. The number of benzene rings is 1. The van der Waals surface area contributed by atoms with E-state index in [1.807, 2.05) is 0 Å². The molecule has 0 amide bonds. The number of carboxylic acid groups (broad SMARTS) is 1. The van der Waals surface area contributed by atoms with Gasteiger partial charge in [-0.2, -0.15) is 13.2 Å². The summed E-state index contributed by atoms with van der Waals surface area (Å²) in [5.41, 5.74) is -4.90. The van der Waals surface area contributed by atoms with Crippen LogP contribution in [0.25, 0.3) is 0 Å². The quantitative estimate of drug-likeness (QED) is 0.850. The van der Waals surface area contributed by atoms with E-state index < -0.39 is 28.3 Å². The van der Waals surface area contributed by atoms with E-state index in [-0.39, 0.29) is 0 Å². The molecule has 1 atom stereocenters. The number of carbonyl (C=O) groups is 1. The molecule has 7 heteroatoms. The molecule has 0 heterocycles. The molecule has 1 aromatic rings. The van der Waals surface area contributed by atoms with Crippen LogP contribution in [-0.4, -0.2) is 22.4 Å². The van der Waals surface area contributed by atoms with Crippen molar-refractivity contribution < 1.29 is 28.2 Å². The normalized spacial score (nSPS) is 15.6. The van der Waals surface area contributed by atoms with Gasteiger partial charge >= 0.3 is 12.1 Å². The van der Waals surface area contributed by atoms with Crippen molar-refractivity contribution in [2.75, 3.05) is 0 Å². The van der Waals surface area contributed by atoms with Crippen LogP contribution in [0.3, 0.4) is 0 Å². The standard InChI is InChI=1S/C9H6ClF3O3/c10-6-4-2-1-3-5(6)8(16,7(14)15)9(11,12)13/h1-4,16H,(H,14,15). The molecular weight excluding hydrogens is 249 g/mol. The number of halogens is 4. The van der Waals surface area contributed by atoms with Crippen molar-refractivity contribution in [2.24, 2.45) is 0 Å². The number of hydrogen-bond donors (Lipinski definition) is 2. The second kappa shape index (κ2) is 3.95. The van der Waals surface area contributed by atoms with Crippen molar-refractivity contribution in [3.63, 3.8) is 0 Å². The zero-order valence-corrected chi connectivity index (χ0v) is 8.38. The van der Waals surface area contributed by atoms with Crippen LogP contribution in [-0.2, 0) is 10.4 Å². The molecule has 16 heavy (non-hydrogen) atoms. The summed E-state index contributed by atoms with van der Waals surface area (Å²) in [5, 5.41) is 17.3. The molecule has 0 fully saturated rings. The monoisotopic (exact) mass is 254 g/mol. The van der Waals surface area contributed by atoms with Crippen molar-refractivity contribution in [3.8, 4) is 0 Å². The second-order valence-electron chi connectivity index (χ2n) is 2.99. The molecular formula is C9H6ClF3O3. The van der Waals surface area contributed by atoms with Crippen molar-refractivity contribution >= 4 is 17.6 Å². The SMILES string of the molecule is O=C(O)C(O)(c1ccccc1Cl)C(F)(F)F. The Morgan fingerprint density at radius 3 is 2.12 bits per heavy atom. The van der Waals surface area contributed by atoms with Crippen LogP contribution >= 0.6 is 11.6 Å². The smallest absolute Gasteiger partial charge is 0.432 e. The van der Waals surface area contributed by atoms with E-state index in [0.29, 0.717) is 0 Å². The molecule has 0 aliphatic heterocycles. The Kier molecular flexibility index (Phi) is 3.16. The average molecular weight is 255 g/mol. The Morgan fingerprint density at radius 2 is 1.75 bits per heavy atom. The van der Waals surface area contributed by atoms with Crippen LogP contribution in [0.15, 0.2) is 24.3 Å². The Labute approximate surface area is 93.1 Å². The number of rotatable bonds is 2. The highest BCUT2D eigenvalue weighted by Gasteiger charge is 2.62. The molecule has 1 rings (SSSR count). The van der Waals surface area contributed by atoms with Crippen molar-refractivity contribution in [1.29, 1.82) is 0 Å². The summed E-state index contributed by atoms with van der Waals surface area (Å²) in [6.07, 6.45) is -5.36. The molecule has 0 saturated heterocycles. The summed E-state index contributed by atoms with van der Waals surface area (Å²) in [6.45, 7) is 0. The van der Waals surface area contributed by atoms with Gasteiger partial charge in [0.05, 0.1) is 0 Å². The molecule has 0 spiro atoms. The summed E-state index contributed by atoms with van der Waals surface area (Å²) in [5.74, 6) is -2.42. The van der Waals surface area contributed by atoms with Gasteiger partial charge in [-0.1, -0.05) is 29.8 Å². The van der Waals surface area contributed by atoms with Gasteiger partial charge in [-0.15, -0.1) is 0 Å². The summed E-state index contributed by atoms with van der Waals surface area (Å²) >= 11 is 5.44. The van der Waals surface area contributed by atoms with Gasteiger partial charge in [0.2, 0.25) is 0 Å². The fourth-order valence-corrected chi connectivity index (χ4v) is 1.42. The lowest BCUT2D eigenvalue weighted by Gasteiger charge is -2.27. The fraction of sp³-hybridized carbons (Fsp3) is 0.222. The number of carboxylic acids is 1. The highest BCUT2D eigenvalue weighted by molar-refractivity contribution is 6.31. The lowest BCUT2D eigenvalue weighted by atomic mass is 9.93. The lowest BCUT2D eigenvalue weighted by Crippen LogP contribution is -2.49. The first kappa shape index (κ1) is 12.8. The molecule has 0 saturated carbocycles. The van der Waals surface area contributed by atoms with Crippen LogP contribution in [0.1, 0.15) is 5.56 Å². The van der Waals surface area contributed by atoms with Crippen LogP contribution in [0.4, 0.5) is 13.2 Å². The maximum absolute atomic E-state index is 12.5. The summed E-state index contributed by atoms with van der Waals surface area (Å²) < 4.78 is 37.6. The zero-order chi connectivity index (χ0) is 12.6. The number of alkyl halides is 3. The van der Waals surface area contributed by atoms with E-state index in [9.17, 15) is 23.1 Å². The van der Waals surface area contributed by atoms with E-state index >= 15 is 0 Å². The average Bonchev–Trinajstić information content (AvgIpc) is 2.15. The third kappa shape index (κ3) is 1.85. The Hall–Kier alpha value is -1.27. The van der Waals surface area contributed by atoms with Crippen molar-refractivity contribution in [1.82, 2.24) is 0 Å². The Morgan fingerprint density at radius 1 is 1.25 bits per heavy atom. The second-order valence-corrected chi connectivity index (χ2v) is 3.40. The van der Waals surface area contributed by atoms with E-state index in [2.05, 4.69) is 0 Å². The van der Waals surface area contributed by atoms with E-state index in [0.717, 1.165) is 18.2 Å². The highest BCUT2D eigenvalue weighted by atomic mass is 35.5.